The number of carbonyl (C=O) groups excluding carboxylic acids is 1. The third kappa shape index (κ3) is 3.53. The molecule has 2 heterocycles. The highest BCUT2D eigenvalue weighted by molar-refractivity contribution is 5.90. The Balaban J connectivity index is 1.94. The van der Waals surface area contributed by atoms with Crippen LogP contribution in [0.1, 0.15) is 44.2 Å². The van der Waals surface area contributed by atoms with Crippen LogP contribution in [-0.2, 0) is 6.67 Å². The van der Waals surface area contributed by atoms with E-state index in [1.807, 2.05) is 20.8 Å². The fraction of sp³-hybridized carbons (Fsp3) is 0.750. The molecule has 6 nitrogen and oxygen atoms in total. The third-order valence-corrected chi connectivity index (χ3v) is 2.77. The summed E-state index contributed by atoms with van der Waals surface area (Å²) in [7, 11) is 0. The van der Waals surface area contributed by atoms with Gasteiger partial charge < -0.3 is 5.32 Å². The van der Waals surface area contributed by atoms with Gasteiger partial charge in [-0.2, -0.15) is 0 Å². The molecule has 1 saturated heterocycles. The first-order valence-electron chi connectivity index (χ1n) is 6.38. The van der Waals surface area contributed by atoms with Crippen LogP contribution in [0, 0.1) is 0 Å². The fourth-order valence-electron chi connectivity index (χ4n) is 1.99. The number of rotatable bonds is 3. The molecule has 0 atom stereocenters. The van der Waals surface area contributed by atoms with Gasteiger partial charge in [-0.3, -0.25) is 9.69 Å². The van der Waals surface area contributed by atoms with E-state index in [2.05, 4.69) is 20.3 Å². The first-order chi connectivity index (χ1) is 8.44. The van der Waals surface area contributed by atoms with Crippen molar-refractivity contribution in [3.63, 3.8) is 0 Å². The molecular weight excluding hydrogens is 230 g/mol. The average molecular weight is 251 g/mol. The molecular formula is C12H21N5O. The summed E-state index contributed by atoms with van der Waals surface area (Å²) in [6, 6.07) is 0. The van der Waals surface area contributed by atoms with Crippen molar-refractivity contribution in [2.75, 3.05) is 13.1 Å². The van der Waals surface area contributed by atoms with Crippen LogP contribution in [-0.4, -0.2) is 44.2 Å². The Morgan fingerprint density at radius 1 is 1.39 bits per heavy atom. The average Bonchev–Trinajstić information content (AvgIpc) is 2.86. The Morgan fingerprint density at radius 2 is 2.06 bits per heavy atom. The van der Waals surface area contributed by atoms with Gasteiger partial charge in [0.25, 0.3) is 5.91 Å². The van der Waals surface area contributed by atoms with E-state index in [9.17, 15) is 4.79 Å². The number of hydrogen-bond donors (Lipinski definition) is 1. The molecule has 0 aliphatic carbocycles. The van der Waals surface area contributed by atoms with Crippen LogP contribution in [0.2, 0.25) is 0 Å². The lowest BCUT2D eigenvalue weighted by molar-refractivity contribution is 0.0908. The van der Waals surface area contributed by atoms with Gasteiger partial charge in [-0.05, 0) is 46.7 Å². The van der Waals surface area contributed by atoms with Crippen LogP contribution >= 0.6 is 0 Å². The van der Waals surface area contributed by atoms with Crippen molar-refractivity contribution in [1.82, 2.24) is 25.0 Å². The van der Waals surface area contributed by atoms with E-state index in [-0.39, 0.29) is 17.3 Å². The molecule has 100 valence electrons. The van der Waals surface area contributed by atoms with Crippen LogP contribution in [0.15, 0.2) is 6.33 Å². The highest BCUT2D eigenvalue weighted by Gasteiger charge is 2.19. The number of carbonyl (C=O) groups is 1. The predicted molar refractivity (Wildman–Crippen MR) is 68.0 cm³/mol. The molecule has 1 aromatic rings. The topological polar surface area (TPSA) is 63.1 Å². The summed E-state index contributed by atoms with van der Waals surface area (Å²) in [4.78, 5) is 18.2. The van der Waals surface area contributed by atoms with E-state index in [0.29, 0.717) is 0 Å². The Bertz CT molecular complexity index is 414. The van der Waals surface area contributed by atoms with E-state index >= 15 is 0 Å². The Hall–Kier alpha value is -1.43. The molecule has 1 aliphatic rings. The molecule has 2 rings (SSSR count). The van der Waals surface area contributed by atoms with Crippen molar-refractivity contribution < 1.29 is 4.79 Å². The van der Waals surface area contributed by atoms with Gasteiger partial charge in [-0.15, -0.1) is 5.10 Å². The van der Waals surface area contributed by atoms with Gasteiger partial charge in [-0.25, -0.2) is 9.67 Å². The first-order valence-corrected chi connectivity index (χ1v) is 6.38. The van der Waals surface area contributed by atoms with Crippen molar-refractivity contribution in [1.29, 1.82) is 0 Å². The molecule has 1 amide bonds. The van der Waals surface area contributed by atoms with Crippen molar-refractivity contribution in [2.24, 2.45) is 0 Å². The maximum absolute atomic E-state index is 11.8. The summed E-state index contributed by atoms with van der Waals surface area (Å²) in [5, 5.41) is 7.06. The summed E-state index contributed by atoms with van der Waals surface area (Å²) in [6.07, 6.45) is 4.11. The van der Waals surface area contributed by atoms with E-state index < -0.39 is 0 Å². The lowest BCUT2D eigenvalue weighted by Crippen LogP contribution is -2.41. The van der Waals surface area contributed by atoms with E-state index in [0.717, 1.165) is 19.8 Å². The highest BCUT2D eigenvalue weighted by Crippen LogP contribution is 2.08. The number of nitrogens with one attached hydrogen (secondary N) is 1. The van der Waals surface area contributed by atoms with Crippen LogP contribution < -0.4 is 5.32 Å². The summed E-state index contributed by atoms with van der Waals surface area (Å²) in [5.41, 5.74) is -0.266. The molecule has 0 saturated carbocycles. The van der Waals surface area contributed by atoms with Crippen molar-refractivity contribution in [3.05, 3.63) is 12.2 Å². The minimum atomic E-state index is -0.266. The minimum absolute atomic E-state index is 0.220. The molecule has 0 spiro atoms. The molecule has 0 aromatic carbocycles. The second-order valence-electron chi connectivity index (χ2n) is 5.78. The number of likely N-dealkylation sites (tertiary alicyclic amines) is 1. The maximum atomic E-state index is 11.8. The molecule has 18 heavy (non-hydrogen) atoms. The zero-order valence-electron chi connectivity index (χ0n) is 11.3. The summed E-state index contributed by atoms with van der Waals surface area (Å²) in [6.45, 7) is 8.73. The predicted octanol–water partition coefficient (Wildman–Crippen LogP) is 0.860. The number of hydrogen-bond acceptors (Lipinski definition) is 4. The van der Waals surface area contributed by atoms with Crippen molar-refractivity contribution >= 4 is 5.91 Å². The molecule has 0 radical (unpaired) electrons. The second-order valence-corrected chi connectivity index (χ2v) is 5.78. The van der Waals surface area contributed by atoms with Crippen molar-refractivity contribution in [3.8, 4) is 0 Å². The van der Waals surface area contributed by atoms with Gasteiger partial charge in [0.1, 0.15) is 6.33 Å². The lowest BCUT2D eigenvalue weighted by atomic mass is 10.1. The van der Waals surface area contributed by atoms with Gasteiger partial charge in [0.15, 0.2) is 0 Å². The normalized spacial score (nSPS) is 17.1. The number of nitrogens with zero attached hydrogens (tertiary/aromatic N) is 4. The highest BCUT2D eigenvalue weighted by atomic mass is 16.2. The minimum Gasteiger partial charge on any atom is -0.345 e. The molecule has 1 aromatic heterocycles. The smallest absolute Gasteiger partial charge is 0.291 e. The van der Waals surface area contributed by atoms with Crippen LogP contribution in [0.4, 0.5) is 0 Å². The molecule has 6 heteroatoms. The van der Waals surface area contributed by atoms with Crippen LogP contribution in [0.3, 0.4) is 0 Å². The van der Waals surface area contributed by atoms with Gasteiger partial charge in [-0.1, -0.05) is 0 Å². The van der Waals surface area contributed by atoms with Gasteiger partial charge >= 0.3 is 0 Å². The van der Waals surface area contributed by atoms with Gasteiger partial charge in [0.2, 0.25) is 5.82 Å². The first kappa shape index (κ1) is 13.0. The standard InChI is InChI=1S/C12H21N5O/c1-12(2,3)14-11(18)10-13-8-17(15-10)9-16-6-4-5-7-16/h8H,4-7,9H2,1-3H3,(H,14,18). The SMILES string of the molecule is CC(C)(C)NC(=O)c1ncn(CN2CCCC2)n1. The van der Waals surface area contributed by atoms with Crippen LogP contribution in [0.5, 0.6) is 0 Å². The second kappa shape index (κ2) is 5.06. The van der Waals surface area contributed by atoms with E-state index in [1.54, 1.807) is 11.0 Å². The van der Waals surface area contributed by atoms with Crippen LogP contribution in [0.25, 0.3) is 0 Å². The van der Waals surface area contributed by atoms with E-state index in [4.69, 9.17) is 0 Å². The maximum Gasteiger partial charge on any atom is 0.291 e. The fourth-order valence-corrected chi connectivity index (χ4v) is 1.99. The summed E-state index contributed by atoms with van der Waals surface area (Å²) >= 11 is 0. The van der Waals surface area contributed by atoms with E-state index in [1.165, 1.54) is 12.8 Å². The molecule has 1 fully saturated rings. The Labute approximate surface area is 107 Å². The third-order valence-electron chi connectivity index (χ3n) is 2.77. The summed E-state index contributed by atoms with van der Waals surface area (Å²) in [5.74, 6) is 0.0202. The Morgan fingerprint density at radius 3 is 2.67 bits per heavy atom. The monoisotopic (exact) mass is 251 g/mol. The number of amides is 1. The van der Waals surface area contributed by atoms with Gasteiger partial charge in [0.05, 0.1) is 6.67 Å². The zero-order chi connectivity index (χ0) is 13.2. The molecule has 1 N–H and O–H groups in total. The molecule has 1 aliphatic heterocycles. The lowest BCUT2D eigenvalue weighted by Gasteiger charge is -2.19. The molecule has 0 bridgehead atoms. The number of aromatic nitrogens is 3. The quantitative estimate of drug-likeness (QED) is 0.865. The zero-order valence-corrected chi connectivity index (χ0v) is 11.3. The summed E-state index contributed by atoms with van der Waals surface area (Å²) < 4.78 is 1.73. The van der Waals surface area contributed by atoms with Crippen molar-refractivity contribution in [2.45, 2.75) is 45.8 Å². The largest absolute Gasteiger partial charge is 0.345 e. The van der Waals surface area contributed by atoms with Gasteiger partial charge in [0, 0.05) is 5.54 Å². The molecule has 0 unspecified atom stereocenters. The Kier molecular flexibility index (Phi) is 3.65.